The number of aromatic nitrogens is 2. The second-order valence-electron chi connectivity index (χ2n) is 7.53. The number of hydrogen-bond donors (Lipinski definition) is 1. The lowest BCUT2D eigenvalue weighted by atomic mass is 9.72. The summed E-state index contributed by atoms with van der Waals surface area (Å²) in [6, 6.07) is 22.9. The lowest BCUT2D eigenvalue weighted by Gasteiger charge is -2.38. The van der Waals surface area contributed by atoms with Crippen molar-refractivity contribution in [3.05, 3.63) is 78.5 Å². The van der Waals surface area contributed by atoms with Crippen molar-refractivity contribution >= 4 is 5.65 Å². The molecule has 0 radical (unpaired) electrons. The van der Waals surface area contributed by atoms with Crippen LogP contribution >= 0.6 is 0 Å². The van der Waals surface area contributed by atoms with E-state index in [0.717, 1.165) is 46.8 Å². The zero-order chi connectivity index (χ0) is 19.1. The third-order valence-corrected chi connectivity index (χ3v) is 5.86. The van der Waals surface area contributed by atoms with Gasteiger partial charge < -0.3 is 10.5 Å². The summed E-state index contributed by atoms with van der Waals surface area (Å²) in [6.07, 6.45) is 5.37. The Morgan fingerprint density at radius 1 is 0.929 bits per heavy atom. The van der Waals surface area contributed by atoms with Crippen molar-refractivity contribution in [2.24, 2.45) is 5.73 Å². The van der Waals surface area contributed by atoms with Gasteiger partial charge in [-0.2, -0.15) is 0 Å². The van der Waals surface area contributed by atoms with E-state index in [4.69, 9.17) is 15.5 Å². The monoisotopic (exact) mass is 369 g/mol. The molecule has 140 valence electrons. The Balaban J connectivity index is 1.70. The van der Waals surface area contributed by atoms with Crippen LogP contribution < -0.4 is 10.5 Å². The van der Waals surface area contributed by atoms with Crippen molar-refractivity contribution in [2.45, 2.75) is 24.8 Å². The van der Waals surface area contributed by atoms with Crippen LogP contribution in [-0.2, 0) is 5.54 Å². The second kappa shape index (κ2) is 6.50. The molecule has 0 atom stereocenters. The lowest BCUT2D eigenvalue weighted by molar-refractivity contribution is 0.253. The fourth-order valence-electron chi connectivity index (χ4n) is 4.08. The van der Waals surface area contributed by atoms with Crippen LogP contribution in [0, 0.1) is 0 Å². The minimum Gasteiger partial charge on any atom is -0.493 e. The lowest BCUT2D eigenvalue weighted by Crippen LogP contribution is -2.43. The molecular weight excluding hydrogens is 346 g/mol. The zero-order valence-electron chi connectivity index (χ0n) is 15.9. The van der Waals surface area contributed by atoms with E-state index < -0.39 is 0 Å². The first-order chi connectivity index (χ1) is 13.7. The molecule has 4 heteroatoms. The Morgan fingerprint density at radius 3 is 2.32 bits per heavy atom. The van der Waals surface area contributed by atoms with Crippen molar-refractivity contribution in [1.82, 2.24) is 9.38 Å². The maximum atomic E-state index is 6.50. The van der Waals surface area contributed by atoms with E-state index in [1.165, 1.54) is 12.0 Å². The normalized spacial score (nSPS) is 15.4. The fourth-order valence-corrected chi connectivity index (χ4v) is 4.08. The molecule has 4 nitrogen and oxygen atoms in total. The van der Waals surface area contributed by atoms with E-state index in [-0.39, 0.29) is 5.54 Å². The van der Waals surface area contributed by atoms with E-state index in [2.05, 4.69) is 52.9 Å². The van der Waals surface area contributed by atoms with Crippen molar-refractivity contribution in [3.8, 4) is 28.3 Å². The molecule has 28 heavy (non-hydrogen) atoms. The topological polar surface area (TPSA) is 52.5 Å². The number of benzene rings is 2. The second-order valence-corrected chi connectivity index (χ2v) is 7.53. The SMILES string of the molecule is COc1cccn2c(-c3ccccc3)c(-c3ccc(C4(N)CCC4)cc3)nc12. The standard InChI is InChI=1S/C24H23N3O/c1-28-20-9-5-16-27-22(18-7-3-2-4-8-18)21(26-23(20)27)17-10-12-19(13-11-17)24(25)14-6-15-24/h2-5,7-13,16H,6,14-15,25H2,1H3. The van der Waals surface area contributed by atoms with Crippen LogP contribution in [0.4, 0.5) is 0 Å². The minimum atomic E-state index is -0.150. The van der Waals surface area contributed by atoms with Gasteiger partial charge in [0.2, 0.25) is 0 Å². The summed E-state index contributed by atoms with van der Waals surface area (Å²) in [5, 5.41) is 0. The van der Waals surface area contributed by atoms with Gasteiger partial charge in [-0.25, -0.2) is 4.98 Å². The molecule has 2 N–H and O–H groups in total. The maximum absolute atomic E-state index is 6.50. The molecule has 2 aromatic heterocycles. The summed E-state index contributed by atoms with van der Waals surface area (Å²) in [6.45, 7) is 0. The van der Waals surface area contributed by atoms with Gasteiger partial charge in [0.25, 0.3) is 0 Å². The number of nitrogens with two attached hydrogens (primary N) is 1. The van der Waals surface area contributed by atoms with Crippen LogP contribution in [0.3, 0.4) is 0 Å². The number of fused-ring (bicyclic) bond motifs is 1. The molecule has 5 rings (SSSR count). The molecule has 1 aliphatic rings. The summed E-state index contributed by atoms with van der Waals surface area (Å²) in [5.74, 6) is 0.762. The van der Waals surface area contributed by atoms with Crippen molar-refractivity contribution < 1.29 is 4.74 Å². The van der Waals surface area contributed by atoms with Crippen LogP contribution in [0.25, 0.3) is 28.2 Å². The molecule has 0 bridgehead atoms. The van der Waals surface area contributed by atoms with Crippen LogP contribution in [0.5, 0.6) is 5.75 Å². The van der Waals surface area contributed by atoms with Gasteiger partial charge >= 0.3 is 0 Å². The van der Waals surface area contributed by atoms with E-state index in [1.807, 2.05) is 24.4 Å². The van der Waals surface area contributed by atoms with Gasteiger partial charge in [-0.1, -0.05) is 54.6 Å². The molecular formula is C24H23N3O. The third kappa shape index (κ3) is 2.60. The first-order valence-electron chi connectivity index (χ1n) is 9.70. The molecule has 1 saturated carbocycles. The van der Waals surface area contributed by atoms with E-state index in [9.17, 15) is 0 Å². The summed E-state index contributed by atoms with van der Waals surface area (Å²) < 4.78 is 7.66. The quantitative estimate of drug-likeness (QED) is 0.550. The molecule has 0 spiro atoms. The summed E-state index contributed by atoms with van der Waals surface area (Å²) in [5.41, 5.74) is 12.6. The molecule has 2 aromatic carbocycles. The molecule has 0 aliphatic heterocycles. The van der Waals surface area contributed by atoms with Gasteiger partial charge in [0.05, 0.1) is 18.5 Å². The van der Waals surface area contributed by atoms with Gasteiger partial charge in [0, 0.05) is 22.9 Å². The molecule has 0 amide bonds. The number of imidazole rings is 1. The van der Waals surface area contributed by atoms with Crippen molar-refractivity contribution in [2.75, 3.05) is 7.11 Å². The molecule has 1 fully saturated rings. The zero-order valence-corrected chi connectivity index (χ0v) is 15.9. The fraction of sp³-hybridized carbons (Fsp3) is 0.208. The average Bonchev–Trinajstić information content (AvgIpc) is 3.12. The number of methoxy groups -OCH3 is 1. The third-order valence-electron chi connectivity index (χ3n) is 5.86. The molecule has 1 aliphatic carbocycles. The Hall–Kier alpha value is -3.11. The molecule has 0 saturated heterocycles. The summed E-state index contributed by atoms with van der Waals surface area (Å²) in [4.78, 5) is 4.96. The number of rotatable bonds is 4. The largest absolute Gasteiger partial charge is 0.493 e. The average molecular weight is 369 g/mol. The van der Waals surface area contributed by atoms with E-state index in [1.54, 1.807) is 7.11 Å². The molecule has 4 aromatic rings. The Morgan fingerprint density at radius 2 is 1.68 bits per heavy atom. The van der Waals surface area contributed by atoms with Crippen molar-refractivity contribution in [1.29, 1.82) is 0 Å². The van der Waals surface area contributed by atoms with Gasteiger partial charge in [-0.15, -0.1) is 0 Å². The van der Waals surface area contributed by atoms with E-state index >= 15 is 0 Å². The highest BCUT2D eigenvalue weighted by Crippen LogP contribution is 2.40. The smallest absolute Gasteiger partial charge is 0.180 e. The highest BCUT2D eigenvalue weighted by Gasteiger charge is 2.34. The minimum absolute atomic E-state index is 0.150. The van der Waals surface area contributed by atoms with E-state index in [0.29, 0.717) is 0 Å². The summed E-state index contributed by atoms with van der Waals surface area (Å²) >= 11 is 0. The van der Waals surface area contributed by atoms with Crippen molar-refractivity contribution in [3.63, 3.8) is 0 Å². The summed E-state index contributed by atoms with van der Waals surface area (Å²) in [7, 11) is 1.68. The van der Waals surface area contributed by atoms with Crippen LogP contribution in [0.15, 0.2) is 72.9 Å². The van der Waals surface area contributed by atoms with Gasteiger partial charge in [-0.3, -0.25) is 4.40 Å². The number of pyridine rings is 1. The molecule has 0 unspecified atom stereocenters. The predicted octanol–water partition coefficient (Wildman–Crippen LogP) is 5.01. The Kier molecular flexibility index (Phi) is 3.95. The number of ether oxygens (including phenoxy) is 1. The molecule has 2 heterocycles. The van der Waals surface area contributed by atoms with Crippen LogP contribution in [-0.4, -0.2) is 16.5 Å². The Labute approximate surface area is 164 Å². The highest BCUT2D eigenvalue weighted by molar-refractivity contribution is 5.83. The maximum Gasteiger partial charge on any atom is 0.180 e. The predicted molar refractivity (Wildman–Crippen MR) is 112 cm³/mol. The highest BCUT2D eigenvalue weighted by atomic mass is 16.5. The first kappa shape index (κ1) is 17.0. The number of nitrogens with zero attached hydrogens (tertiary/aromatic N) is 2. The first-order valence-corrected chi connectivity index (χ1v) is 9.70. The van der Waals surface area contributed by atoms with Crippen LogP contribution in [0.1, 0.15) is 24.8 Å². The van der Waals surface area contributed by atoms with Gasteiger partial charge in [-0.05, 0) is 37.0 Å². The van der Waals surface area contributed by atoms with Gasteiger partial charge in [0.1, 0.15) is 0 Å². The number of hydrogen-bond acceptors (Lipinski definition) is 3. The van der Waals surface area contributed by atoms with Crippen LogP contribution in [0.2, 0.25) is 0 Å². The Bertz CT molecular complexity index is 1130. The van der Waals surface area contributed by atoms with Gasteiger partial charge in [0.15, 0.2) is 11.4 Å².